The first-order chi connectivity index (χ1) is 10.1. The van der Waals surface area contributed by atoms with Crippen molar-refractivity contribution < 1.29 is 4.79 Å². The summed E-state index contributed by atoms with van der Waals surface area (Å²) in [5, 5.41) is 0. The smallest absolute Gasteiger partial charge is 0.137 e. The standard InChI is InChI=1S/C18H28N2O/c1-4-20(13-17-7-5-6-10-19-17)12-16-11-15(14(2)3)8-9-18(16)21/h5-7,10,14-16H,4,8-9,11-13H2,1-3H3. The van der Waals surface area contributed by atoms with E-state index >= 15 is 0 Å². The Labute approximate surface area is 128 Å². The van der Waals surface area contributed by atoms with E-state index in [2.05, 4.69) is 36.7 Å². The first kappa shape index (κ1) is 16.2. The molecule has 1 aromatic rings. The van der Waals surface area contributed by atoms with E-state index in [1.54, 1.807) is 0 Å². The van der Waals surface area contributed by atoms with E-state index in [1.165, 1.54) is 0 Å². The highest BCUT2D eigenvalue weighted by Gasteiger charge is 2.31. The predicted molar refractivity (Wildman–Crippen MR) is 85.9 cm³/mol. The average molecular weight is 288 g/mol. The summed E-state index contributed by atoms with van der Waals surface area (Å²) in [6.07, 6.45) is 4.76. The van der Waals surface area contributed by atoms with Gasteiger partial charge in [-0.1, -0.05) is 26.8 Å². The molecule has 0 radical (unpaired) electrons. The molecule has 1 aliphatic carbocycles. The average Bonchev–Trinajstić information content (AvgIpc) is 2.49. The Hall–Kier alpha value is -1.22. The Bertz CT molecular complexity index is 444. The zero-order valence-corrected chi connectivity index (χ0v) is 13.6. The van der Waals surface area contributed by atoms with Gasteiger partial charge in [0.25, 0.3) is 0 Å². The van der Waals surface area contributed by atoms with E-state index < -0.39 is 0 Å². The van der Waals surface area contributed by atoms with Crippen LogP contribution in [-0.4, -0.2) is 28.8 Å². The SMILES string of the molecule is CCN(Cc1ccccn1)CC1CC(C(C)C)CCC1=O. The Balaban J connectivity index is 1.95. The topological polar surface area (TPSA) is 33.2 Å². The molecule has 0 bridgehead atoms. The van der Waals surface area contributed by atoms with Gasteiger partial charge in [-0.3, -0.25) is 14.7 Å². The molecule has 21 heavy (non-hydrogen) atoms. The fourth-order valence-electron chi connectivity index (χ4n) is 3.27. The van der Waals surface area contributed by atoms with E-state index in [0.29, 0.717) is 17.6 Å². The fraction of sp³-hybridized carbons (Fsp3) is 0.667. The molecular weight excluding hydrogens is 260 g/mol. The summed E-state index contributed by atoms with van der Waals surface area (Å²) in [4.78, 5) is 19.0. The zero-order chi connectivity index (χ0) is 15.2. The largest absolute Gasteiger partial charge is 0.299 e. The number of carbonyl (C=O) groups is 1. The highest BCUT2D eigenvalue weighted by molar-refractivity contribution is 5.82. The summed E-state index contributed by atoms with van der Waals surface area (Å²) in [6.45, 7) is 9.41. The first-order valence-electron chi connectivity index (χ1n) is 8.25. The van der Waals surface area contributed by atoms with Gasteiger partial charge in [-0.15, -0.1) is 0 Å². The number of ketones is 1. The molecule has 3 heteroatoms. The molecule has 1 aliphatic rings. The normalized spacial score (nSPS) is 23.0. The van der Waals surface area contributed by atoms with Gasteiger partial charge in [-0.2, -0.15) is 0 Å². The van der Waals surface area contributed by atoms with Crippen LogP contribution in [0, 0.1) is 17.8 Å². The van der Waals surface area contributed by atoms with Gasteiger partial charge in [0.15, 0.2) is 0 Å². The van der Waals surface area contributed by atoms with Crippen molar-refractivity contribution in [1.82, 2.24) is 9.88 Å². The molecule has 2 rings (SSSR count). The Morgan fingerprint density at radius 1 is 1.38 bits per heavy atom. The van der Waals surface area contributed by atoms with Crippen molar-refractivity contribution in [2.24, 2.45) is 17.8 Å². The lowest BCUT2D eigenvalue weighted by molar-refractivity contribution is -0.126. The van der Waals surface area contributed by atoms with Crippen molar-refractivity contribution in [3.05, 3.63) is 30.1 Å². The van der Waals surface area contributed by atoms with Crippen LogP contribution in [0.3, 0.4) is 0 Å². The third-order valence-corrected chi connectivity index (χ3v) is 4.78. The molecule has 1 fully saturated rings. The van der Waals surface area contributed by atoms with Gasteiger partial charge in [-0.25, -0.2) is 0 Å². The minimum absolute atomic E-state index is 0.217. The molecule has 2 atom stereocenters. The number of hydrogen-bond donors (Lipinski definition) is 0. The molecular formula is C18H28N2O. The monoisotopic (exact) mass is 288 g/mol. The maximum atomic E-state index is 12.2. The lowest BCUT2D eigenvalue weighted by Crippen LogP contribution is -2.37. The molecule has 0 saturated heterocycles. The number of rotatable bonds is 6. The molecule has 0 aromatic carbocycles. The molecule has 2 unspecified atom stereocenters. The minimum atomic E-state index is 0.217. The Morgan fingerprint density at radius 2 is 2.19 bits per heavy atom. The number of nitrogens with zero attached hydrogens (tertiary/aromatic N) is 2. The predicted octanol–water partition coefficient (Wildman–Crippen LogP) is 3.54. The molecule has 0 spiro atoms. The summed E-state index contributed by atoms with van der Waals surface area (Å²) in [5.41, 5.74) is 1.09. The first-order valence-corrected chi connectivity index (χ1v) is 8.25. The second-order valence-corrected chi connectivity index (χ2v) is 6.59. The van der Waals surface area contributed by atoms with Gasteiger partial charge in [-0.05, 0) is 43.4 Å². The number of aromatic nitrogens is 1. The zero-order valence-electron chi connectivity index (χ0n) is 13.6. The molecule has 0 aliphatic heterocycles. The van der Waals surface area contributed by atoms with E-state index in [1.807, 2.05) is 18.3 Å². The van der Waals surface area contributed by atoms with E-state index in [0.717, 1.165) is 44.6 Å². The van der Waals surface area contributed by atoms with Crippen molar-refractivity contribution >= 4 is 5.78 Å². The van der Waals surface area contributed by atoms with Gasteiger partial charge < -0.3 is 0 Å². The lowest BCUT2D eigenvalue weighted by Gasteiger charge is -2.33. The second kappa shape index (κ2) is 7.69. The molecule has 1 saturated carbocycles. The highest BCUT2D eigenvalue weighted by atomic mass is 16.1. The summed E-state index contributed by atoms with van der Waals surface area (Å²) in [7, 11) is 0. The van der Waals surface area contributed by atoms with E-state index in [-0.39, 0.29) is 5.92 Å². The van der Waals surface area contributed by atoms with Crippen LogP contribution in [0.2, 0.25) is 0 Å². The van der Waals surface area contributed by atoms with Crippen LogP contribution in [0.1, 0.15) is 45.7 Å². The highest BCUT2D eigenvalue weighted by Crippen LogP contribution is 2.32. The van der Waals surface area contributed by atoms with Crippen LogP contribution in [0.4, 0.5) is 0 Å². The van der Waals surface area contributed by atoms with Crippen molar-refractivity contribution in [3.63, 3.8) is 0 Å². The van der Waals surface area contributed by atoms with E-state index in [9.17, 15) is 4.79 Å². The molecule has 1 heterocycles. The van der Waals surface area contributed by atoms with Crippen LogP contribution in [0.25, 0.3) is 0 Å². The maximum Gasteiger partial charge on any atom is 0.137 e. The minimum Gasteiger partial charge on any atom is -0.299 e. The number of carbonyl (C=O) groups excluding carboxylic acids is 1. The molecule has 116 valence electrons. The Kier molecular flexibility index (Phi) is 5.92. The summed E-state index contributed by atoms with van der Waals surface area (Å²) < 4.78 is 0. The van der Waals surface area contributed by atoms with Gasteiger partial charge in [0.2, 0.25) is 0 Å². The second-order valence-electron chi connectivity index (χ2n) is 6.59. The van der Waals surface area contributed by atoms with Crippen molar-refractivity contribution in [3.8, 4) is 0 Å². The quantitative estimate of drug-likeness (QED) is 0.802. The van der Waals surface area contributed by atoms with Gasteiger partial charge >= 0.3 is 0 Å². The van der Waals surface area contributed by atoms with Gasteiger partial charge in [0.05, 0.1) is 5.69 Å². The fourth-order valence-corrected chi connectivity index (χ4v) is 3.27. The molecule has 3 nitrogen and oxygen atoms in total. The lowest BCUT2D eigenvalue weighted by atomic mass is 9.75. The molecule has 0 amide bonds. The summed E-state index contributed by atoms with van der Waals surface area (Å²) in [5.74, 6) is 2.08. The third kappa shape index (κ3) is 4.63. The Morgan fingerprint density at radius 3 is 2.81 bits per heavy atom. The summed E-state index contributed by atoms with van der Waals surface area (Å²) in [6, 6.07) is 6.02. The third-order valence-electron chi connectivity index (χ3n) is 4.78. The van der Waals surface area contributed by atoms with Gasteiger partial charge in [0, 0.05) is 31.6 Å². The van der Waals surface area contributed by atoms with Crippen LogP contribution >= 0.6 is 0 Å². The van der Waals surface area contributed by atoms with Crippen LogP contribution in [0.15, 0.2) is 24.4 Å². The van der Waals surface area contributed by atoms with Crippen molar-refractivity contribution in [2.45, 2.75) is 46.6 Å². The molecule has 0 N–H and O–H groups in total. The van der Waals surface area contributed by atoms with E-state index in [4.69, 9.17) is 0 Å². The van der Waals surface area contributed by atoms with Gasteiger partial charge in [0.1, 0.15) is 5.78 Å². The number of pyridine rings is 1. The van der Waals surface area contributed by atoms with Crippen LogP contribution in [-0.2, 0) is 11.3 Å². The van der Waals surface area contributed by atoms with Crippen molar-refractivity contribution in [2.75, 3.05) is 13.1 Å². The van der Waals surface area contributed by atoms with Crippen LogP contribution in [0.5, 0.6) is 0 Å². The van der Waals surface area contributed by atoms with Crippen LogP contribution < -0.4 is 0 Å². The van der Waals surface area contributed by atoms with Crippen molar-refractivity contribution in [1.29, 1.82) is 0 Å². The maximum absolute atomic E-state index is 12.2. The number of hydrogen-bond acceptors (Lipinski definition) is 3. The number of Topliss-reactive ketones (excluding diaryl/α,β-unsaturated/α-hetero) is 1. The molecule has 1 aromatic heterocycles. The summed E-state index contributed by atoms with van der Waals surface area (Å²) >= 11 is 0.